The first-order valence-electron chi connectivity index (χ1n) is 11.8. The third-order valence-electron chi connectivity index (χ3n) is 6.81. The lowest BCUT2D eigenvalue weighted by Gasteiger charge is -2.43. The van der Waals surface area contributed by atoms with Crippen molar-refractivity contribution in [1.82, 2.24) is 0 Å². The Hall–Kier alpha value is -3.00. The van der Waals surface area contributed by atoms with Crippen molar-refractivity contribution >= 4 is 18.0 Å². The van der Waals surface area contributed by atoms with E-state index in [1.54, 1.807) is 12.1 Å². The van der Waals surface area contributed by atoms with Crippen LogP contribution in [0.15, 0.2) is 42.2 Å². The molecule has 0 spiro atoms. The Balaban J connectivity index is 1.51. The van der Waals surface area contributed by atoms with Crippen molar-refractivity contribution < 1.29 is 58.8 Å². The molecule has 5 N–H and O–H groups in total. The van der Waals surface area contributed by atoms with Crippen LogP contribution in [-0.2, 0) is 33.3 Å². The number of phenolic OH excluding ortho intramolecular Hbond substituents is 1. The maximum atomic E-state index is 12.6. The lowest BCUT2D eigenvalue weighted by atomic mass is 9.86. The van der Waals surface area contributed by atoms with Gasteiger partial charge in [0.05, 0.1) is 31.5 Å². The van der Waals surface area contributed by atoms with E-state index in [1.807, 2.05) is 0 Å². The minimum Gasteiger partial charge on any atom is -0.508 e. The number of ether oxygens (including phenoxy) is 5. The third kappa shape index (κ3) is 5.79. The summed E-state index contributed by atoms with van der Waals surface area (Å²) >= 11 is 0. The van der Waals surface area contributed by atoms with Gasteiger partial charge in [-0.15, -0.1) is 0 Å². The second kappa shape index (κ2) is 11.6. The normalized spacial score (nSPS) is 35.4. The van der Waals surface area contributed by atoms with Gasteiger partial charge in [0.2, 0.25) is 6.29 Å². The number of rotatable bonds is 7. The largest absolute Gasteiger partial charge is 0.508 e. The first kappa shape index (κ1) is 27.0. The maximum absolute atomic E-state index is 12.6. The van der Waals surface area contributed by atoms with Crippen LogP contribution < -0.4 is 0 Å². The Morgan fingerprint density at radius 3 is 2.46 bits per heavy atom. The van der Waals surface area contributed by atoms with Crippen LogP contribution in [0.4, 0.5) is 0 Å². The fraction of sp³-hybridized carbons (Fsp3) is 0.520. The van der Waals surface area contributed by atoms with Crippen molar-refractivity contribution in [3.05, 3.63) is 47.7 Å². The zero-order valence-corrected chi connectivity index (χ0v) is 20.0. The van der Waals surface area contributed by atoms with Gasteiger partial charge in [-0.2, -0.15) is 0 Å². The number of methoxy groups -OCH3 is 1. The van der Waals surface area contributed by atoms with Crippen LogP contribution in [0, 0.1) is 11.8 Å². The van der Waals surface area contributed by atoms with Crippen LogP contribution in [0.2, 0.25) is 0 Å². The van der Waals surface area contributed by atoms with Gasteiger partial charge in [0, 0.05) is 12.0 Å². The molecule has 0 amide bonds. The van der Waals surface area contributed by atoms with Crippen LogP contribution in [0.1, 0.15) is 18.4 Å². The molecular formula is C25H30O12. The summed E-state index contributed by atoms with van der Waals surface area (Å²) in [6.45, 7) is -0.637. The van der Waals surface area contributed by atoms with Crippen molar-refractivity contribution in [2.24, 2.45) is 11.8 Å². The second-order valence-corrected chi connectivity index (χ2v) is 9.06. The summed E-state index contributed by atoms with van der Waals surface area (Å²) in [5, 5.41) is 49.3. The molecule has 1 aliphatic carbocycles. The lowest BCUT2D eigenvalue weighted by molar-refractivity contribution is -0.343. The average molecular weight is 523 g/mol. The first-order valence-corrected chi connectivity index (χ1v) is 11.8. The number of carbonyl (C=O) groups is 2. The van der Waals surface area contributed by atoms with E-state index in [0.717, 1.165) is 0 Å². The smallest absolute Gasteiger partial charge is 0.337 e. The van der Waals surface area contributed by atoms with Crippen molar-refractivity contribution in [2.45, 2.75) is 55.9 Å². The summed E-state index contributed by atoms with van der Waals surface area (Å²) in [7, 11) is 1.23. The molecule has 202 valence electrons. The zero-order valence-electron chi connectivity index (χ0n) is 20.0. The van der Waals surface area contributed by atoms with Crippen LogP contribution in [-0.4, -0.2) is 94.3 Å². The topological polar surface area (TPSA) is 181 Å². The molecular weight excluding hydrogens is 492 g/mol. The van der Waals surface area contributed by atoms with Gasteiger partial charge in [-0.3, -0.25) is 0 Å². The number of phenols is 1. The number of hydrogen-bond donors (Lipinski definition) is 5. The number of aromatic hydroxyl groups is 1. The number of aliphatic hydroxyl groups excluding tert-OH is 4. The Morgan fingerprint density at radius 1 is 1.05 bits per heavy atom. The molecule has 0 radical (unpaired) electrons. The first-order chi connectivity index (χ1) is 17.7. The van der Waals surface area contributed by atoms with Crippen molar-refractivity contribution in [2.75, 3.05) is 13.7 Å². The molecule has 37 heavy (non-hydrogen) atoms. The molecule has 12 heteroatoms. The molecule has 1 saturated heterocycles. The summed E-state index contributed by atoms with van der Waals surface area (Å²) < 4.78 is 27.4. The number of benzene rings is 1. The van der Waals surface area contributed by atoms with Crippen molar-refractivity contribution in [3.8, 4) is 5.75 Å². The van der Waals surface area contributed by atoms with Crippen LogP contribution in [0.5, 0.6) is 5.75 Å². The van der Waals surface area contributed by atoms with Gasteiger partial charge < -0.3 is 49.2 Å². The standard InChI is InChI=1S/C25H30O12/c1-33-23(32)15-11-34-24(37-25-22(31)21(30)20(29)17(10-26)36-25)19-14(15)7-8-16(19)35-18(28)9-4-12-2-5-13(27)6-3-12/h2-6,9,11,14,16-17,19-22,24-27,29-31H,7-8,10H2,1H3/b9-4-/t14-,16+,17-,19+,20+,21+,22-,24+,25+/m1/s1. The minimum atomic E-state index is -1.67. The number of hydrogen-bond acceptors (Lipinski definition) is 12. The Morgan fingerprint density at radius 2 is 1.78 bits per heavy atom. The lowest BCUT2D eigenvalue weighted by Crippen LogP contribution is -2.60. The number of aliphatic hydroxyl groups is 4. The van der Waals surface area contributed by atoms with Gasteiger partial charge in [-0.25, -0.2) is 9.59 Å². The minimum absolute atomic E-state index is 0.0916. The highest BCUT2D eigenvalue weighted by Crippen LogP contribution is 2.46. The molecule has 4 rings (SSSR count). The van der Waals surface area contributed by atoms with Crippen LogP contribution in [0.3, 0.4) is 0 Å². The van der Waals surface area contributed by atoms with Gasteiger partial charge in [-0.05, 0) is 36.6 Å². The Kier molecular flexibility index (Phi) is 8.47. The van der Waals surface area contributed by atoms with E-state index in [-0.39, 0.29) is 11.3 Å². The maximum Gasteiger partial charge on any atom is 0.337 e. The quantitative estimate of drug-likeness (QED) is 0.231. The van der Waals surface area contributed by atoms with E-state index >= 15 is 0 Å². The summed E-state index contributed by atoms with van der Waals surface area (Å²) in [6.07, 6.45) is -4.70. The predicted octanol–water partition coefficient (Wildman–Crippen LogP) is -0.427. The molecule has 3 aliphatic rings. The molecule has 2 aliphatic heterocycles. The summed E-state index contributed by atoms with van der Waals surface area (Å²) in [5.74, 6) is -2.33. The van der Waals surface area contributed by atoms with E-state index in [9.17, 15) is 35.1 Å². The van der Waals surface area contributed by atoms with Gasteiger partial charge in [0.15, 0.2) is 6.29 Å². The second-order valence-electron chi connectivity index (χ2n) is 9.06. The number of esters is 2. The molecule has 2 fully saturated rings. The monoisotopic (exact) mass is 522 g/mol. The molecule has 1 aromatic rings. The molecule has 0 unspecified atom stereocenters. The number of carbonyl (C=O) groups excluding carboxylic acids is 2. The summed E-state index contributed by atoms with van der Waals surface area (Å²) in [4.78, 5) is 24.9. The van der Waals surface area contributed by atoms with Gasteiger partial charge in [0.1, 0.15) is 36.3 Å². The predicted molar refractivity (Wildman–Crippen MR) is 123 cm³/mol. The molecule has 12 nitrogen and oxygen atoms in total. The van der Waals surface area contributed by atoms with Crippen molar-refractivity contribution in [1.29, 1.82) is 0 Å². The van der Waals surface area contributed by atoms with E-state index < -0.39 is 73.5 Å². The van der Waals surface area contributed by atoms with E-state index in [2.05, 4.69) is 0 Å². The van der Waals surface area contributed by atoms with Crippen LogP contribution >= 0.6 is 0 Å². The number of fused-ring (bicyclic) bond motifs is 1. The Bertz CT molecular complexity index is 1020. The van der Waals surface area contributed by atoms with Gasteiger partial charge in [-0.1, -0.05) is 12.1 Å². The third-order valence-corrected chi connectivity index (χ3v) is 6.81. The molecule has 1 saturated carbocycles. The van der Waals surface area contributed by atoms with E-state index in [0.29, 0.717) is 18.4 Å². The summed E-state index contributed by atoms with van der Waals surface area (Å²) in [5.41, 5.74) is 0.902. The van der Waals surface area contributed by atoms with Crippen molar-refractivity contribution in [3.63, 3.8) is 0 Å². The van der Waals surface area contributed by atoms with Crippen LogP contribution in [0.25, 0.3) is 6.08 Å². The van der Waals surface area contributed by atoms with Gasteiger partial charge >= 0.3 is 11.9 Å². The summed E-state index contributed by atoms with van der Waals surface area (Å²) in [6, 6.07) is 6.20. The highest BCUT2D eigenvalue weighted by Gasteiger charge is 2.53. The highest BCUT2D eigenvalue weighted by molar-refractivity contribution is 5.89. The highest BCUT2D eigenvalue weighted by atomic mass is 16.8. The molecule has 9 atom stereocenters. The Labute approximate surface area is 212 Å². The van der Waals surface area contributed by atoms with Gasteiger partial charge in [0.25, 0.3) is 0 Å². The molecule has 2 heterocycles. The average Bonchev–Trinajstić information content (AvgIpc) is 3.32. The SMILES string of the molecule is COC(=O)C1=CO[C@@H](O[C@@H]2O[C@H](CO)[C@H](O)[C@H](O)[C@H]2O)[C@@H]2[C@@H](OC(=O)/C=C\c3ccc(O)cc3)CC[C@H]12. The zero-order chi connectivity index (χ0) is 26.7. The molecule has 0 bridgehead atoms. The molecule has 1 aromatic carbocycles. The molecule has 0 aromatic heterocycles. The fourth-order valence-electron chi connectivity index (χ4n) is 4.86. The fourth-order valence-corrected chi connectivity index (χ4v) is 4.86. The van der Waals surface area contributed by atoms with E-state index in [4.69, 9.17) is 23.7 Å². The van der Waals surface area contributed by atoms with E-state index in [1.165, 1.54) is 37.7 Å².